The maximum absolute atomic E-state index is 12.9. The summed E-state index contributed by atoms with van der Waals surface area (Å²) in [4.78, 5) is 21.7. The number of halogens is 2. The van der Waals surface area contributed by atoms with Gasteiger partial charge < -0.3 is 15.4 Å². The van der Waals surface area contributed by atoms with Gasteiger partial charge in [0.15, 0.2) is 5.16 Å². The smallest absolute Gasteiger partial charge is 0.230 e. The molecular formula is C26H28Cl2N4O2S. The molecule has 35 heavy (non-hydrogen) atoms. The minimum absolute atomic E-state index is 0.0368. The van der Waals surface area contributed by atoms with E-state index in [9.17, 15) is 4.79 Å². The molecule has 2 unspecified atom stereocenters. The third kappa shape index (κ3) is 7.10. The molecule has 0 bridgehead atoms. The number of nitrogens with zero attached hydrogens (tertiary/aromatic N) is 2. The Hall–Kier alpha value is -2.32. The molecule has 9 heteroatoms. The molecular weight excluding hydrogens is 503 g/mol. The van der Waals surface area contributed by atoms with E-state index in [0.717, 1.165) is 48.4 Å². The second kappa shape index (κ2) is 12.6. The minimum Gasteiger partial charge on any atom is -0.497 e. The van der Waals surface area contributed by atoms with Crippen LogP contribution in [-0.2, 0) is 11.2 Å². The molecule has 4 rings (SSSR count). The number of carbonyl (C=O) groups is 1. The van der Waals surface area contributed by atoms with E-state index in [1.54, 1.807) is 25.6 Å². The lowest BCUT2D eigenvalue weighted by Gasteiger charge is -2.32. The number of nitrogens with one attached hydrogen (secondary N) is 2. The van der Waals surface area contributed by atoms with Gasteiger partial charge in [0.2, 0.25) is 5.91 Å². The molecule has 0 saturated carbocycles. The van der Waals surface area contributed by atoms with Crippen LogP contribution >= 0.6 is 35.0 Å². The Kier molecular flexibility index (Phi) is 9.26. The first-order valence-electron chi connectivity index (χ1n) is 11.6. The van der Waals surface area contributed by atoms with Crippen LogP contribution in [0.1, 0.15) is 18.4 Å². The summed E-state index contributed by atoms with van der Waals surface area (Å²) in [5, 5.41) is 8.32. The van der Waals surface area contributed by atoms with Crippen molar-refractivity contribution < 1.29 is 9.53 Å². The third-order valence-electron chi connectivity index (χ3n) is 6.11. The van der Waals surface area contributed by atoms with Crippen molar-refractivity contribution in [2.24, 2.45) is 5.92 Å². The molecule has 2 aromatic carbocycles. The summed E-state index contributed by atoms with van der Waals surface area (Å²) in [6, 6.07) is 13.3. The highest BCUT2D eigenvalue weighted by molar-refractivity contribution is 7.99. The number of methoxy groups -OCH3 is 1. The van der Waals surface area contributed by atoms with E-state index in [4.69, 9.17) is 27.9 Å². The topological polar surface area (TPSA) is 76.1 Å². The van der Waals surface area contributed by atoms with E-state index in [0.29, 0.717) is 27.5 Å². The van der Waals surface area contributed by atoms with Crippen LogP contribution < -0.4 is 15.4 Å². The number of rotatable bonds is 9. The molecule has 2 N–H and O–H groups in total. The lowest BCUT2D eigenvalue weighted by atomic mass is 9.87. The molecule has 6 nitrogen and oxygen atoms in total. The second-order valence-electron chi connectivity index (χ2n) is 8.47. The first-order chi connectivity index (χ1) is 17.0. The molecule has 3 aromatic rings. The van der Waals surface area contributed by atoms with Gasteiger partial charge in [0.25, 0.3) is 0 Å². The highest BCUT2D eigenvalue weighted by Crippen LogP contribution is 2.29. The number of benzene rings is 2. The molecule has 2 atom stereocenters. The monoisotopic (exact) mass is 530 g/mol. The van der Waals surface area contributed by atoms with Crippen molar-refractivity contribution in [1.29, 1.82) is 0 Å². The summed E-state index contributed by atoms with van der Waals surface area (Å²) >= 11 is 14.0. The van der Waals surface area contributed by atoms with E-state index in [1.165, 1.54) is 11.8 Å². The zero-order chi connectivity index (χ0) is 24.6. The first kappa shape index (κ1) is 25.8. The maximum atomic E-state index is 12.9. The fraction of sp³-hybridized carbons (Fsp3) is 0.346. The van der Waals surface area contributed by atoms with Gasteiger partial charge in [-0.05, 0) is 67.6 Å². The Bertz CT molecular complexity index is 1120. The Balaban J connectivity index is 1.36. The Morgan fingerprint density at radius 3 is 2.63 bits per heavy atom. The van der Waals surface area contributed by atoms with Crippen LogP contribution in [0.2, 0.25) is 10.0 Å². The predicted molar refractivity (Wildman–Crippen MR) is 142 cm³/mol. The fourth-order valence-electron chi connectivity index (χ4n) is 4.20. The van der Waals surface area contributed by atoms with Gasteiger partial charge in [-0.15, -0.1) is 0 Å². The molecule has 1 aromatic heterocycles. The van der Waals surface area contributed by atoms with Gasteiger partial charge in [0.1, 0.15) is 5.75 Å². The highest BCUT2D eigenvalue weighted by Gasteiger charge is 2.26. The van der Waals surface area contributed by atoms with E-state index < -0.39 is 0 Å². The average Bonchev–Trinajstić information content (AvgIpc) is 2.90. The lowest BCUT2D eigenvalue weighted by Crippen LogP contribution is -2.48. The van der Waals surface area contributed by atoms with E-state index in [2.05, 4.69) is 20.6 Å². The number of hydrogen-bond donors (Lipinski definition) is 2. The van der Waals surface area contributed by atoms with Crippen LogP contribution in [0.4, 0.5) is 0 Å². The van der Waals surface area contributed by atoms with Gasteiger partial charge in [0, 0.05) is 24.0 Å². The molecule has 0 spiro atoms. The standard InChI is InChI=1S/C26H28Cl2N4O2S/c1-34-21-9-7-17(8-10-21)20-14-30-26(31-15-20)35-16-24(33)32-23(19-5-3-11-29-13-19)12-18-4-2-6-22(27)25(18)28/h2,4,6-10,14-15,19,23,29H,3,5,11-13,16H2,1H3,(H,32,33). The van der Waals surface area contributed by atoms with Gasteiger partial charge in [-0.1, -0.05) is 59.2 Å². The van der Waals surface area contributed by atoms with Gasteiger partial charge >= 0.3 is 0 Å². The van der Waals surface area contributed by atoms with E-state index in [1.807, 2.05) is 36.4 Å². The van der Waals surface area contributed by atoms with Crippen LogP contribution in [0.25, 0.3) is 11.1 Å². The summed E-state index contributed by atoms with van der Waals surface area (Å²) in [5.74, 6) is 1.31. The van der Waals surface area contributed by atoms with Crippen LogP contribution in [0, 0.1) is 5.92 Å². The molecule has 1 aliphatic heterocycles. The highest BCUT2D eigenvalue weighted by atomic mass is 35.5. The SMILES string of the molecule is COc1ccc(-c2cnc(SCC(=O)NC(Cc3cccc(Cl)c3Cl)C3CCCNC3)nc2)cc1. The summed E-state index contributed by atoms with van der Waals surface area (Å²) in [6.07, 6.45) is 6.32. The molecule has 2 heterocycles. The van der Waals surface area contributed by atoms with Gasteiger partial charge in [-0.25, -0.2) is 9.97 Å². The molecule has 0 radical (unpaired) electrons. The number of ether oxygens (including phenoxy) is 1. The first-order valence-corrected chi connectivity index (χ1v) is 13.3. The van der Waals surface area contributed by atoms with Gasteiger partial charge in [0.05, 0.1) is 22.9 Å². The summed E-state index contributed by atoms with van der Waals surface area (Å²) in [5.41, 5.74) is 2.86. The number of piperidine rings is 1. The lowest BCUT2D eigenvalue weighted by molar-refractivity contribution is -0.119. The summed E-state index contributed by atoms with van der Waals surface area (Å²) in [7, 11) is 1.64. The van der Waals surface area contributed by atoms with Crippen LogP contribution in [0.15, 0.2) is 60.0 Å². The quantitative estimate of drug-likeness (QED) is 0.289. The number of aromatic nitrogens is 2. The van der Waals surface area contributed by atoms with E-state index in [-0.39, 0.29) is 17.7 Å². The average molecular weight is 532 g/mol. The van der Waals surface area contributed by atoms with Gasteiger partial charge in [-0.2, -0.15) is 0 Å². The largest absolute Gasteiger partial charge is 0.497 e. The van der Waals surface area contributed by atoms with Crippen LogP contribution in [0.3, 0.4) is 0 Å². The van der Waals surface area contributed by atoms with Crippen molar-refractivity contribution in [2.45, 2.75) is 30.5 Å². The third-order valence-corrected chi connectivity index (χ3v) is 7.84. The van der Waals surface area contributed by atoms with Gasteiger partial charge in [-0.3, -0.25) is 4.79 Å². The summed E-state index contributed by atoms with van der Waals surface area (Å²) < 4.78 is 5.20. The van der Waals surface area contributed by atoms with E-state index >= 15 is 0 Å². The number of amides is 1. The number of hydrogen-bond acceptors (Lipinski definition) is 6. The summed E-state index contributed by atoms with van der Waals surface area (Å²) in [6.45, 7) is 1.88. The molecule has 1 saturated heterocycles. The zero-order valence-electron chi connectivity index (χ0n) is 19.5. The molecule has 1 fully saturated rings. The molecule has 1 aliphatic rings. The Labute approximate surface area is 220 Å². The van der Waals surface area contributed by atoms with Crippen molar-refractivity contribution in [1.82, 2.24) is 20.6 Å². The van der Waals surface area contributed by atoms with Crippen molar-refractivity contribution in [3.63, 3.8) is 0 Å². The van der Waals surface area contributed by atoms with Crippen molar-refractivity contribution in [2.75, 3.05) is 26.0 Å². The van der Waals surface area contributed by atoms with Crippen LogP contribution in [0.5, 0.6) is 5.75 Å². The van der Waals surface area contributed by atoms with Crippen molar-refractivity contribution in [3.05, 3.63) is 70.5 Å². The normalized spacial score (nSPS) is 16.5. The molecule has 1 amide bonds. The Morgan fingerprint density at radius 1 is 1.17 bits per heavy atom. The second-order valence-corrected chi connectivity index (χ2v) is 10.2. The van der Waals surface area contributed by atoms with Crippen LogP contribution in [-0.4, -0.2) is 47.9 Å². The fourth-order valence-corrected chi connectivity index (χ4v) is 5.20. The number of carbonyl (C=O) groups excluding carboxylic acids is 1. The Morgan fingerprint density at radius 2 is 1.94 bits per heavy atom. The number of thioether (sulfide) groups is 1. The predicted octanol–water partition coefficient (Wildman–Crippen LogP) is 5.28. The molecule has 0 aliphatic carbocycles. The minimum atomic E-state index is -0.0495. The van der Waals surface area contributed by atoms with Crippen molar-refractivity contribution in [3.8, 4) is 16.9 Å². The molecule has 184 valence electrons. The van der Waals surface area contributed by atoms with Crippen molar-refractivity contribution >= 4 is 40.9 Å². The maximum Gasteiger partial charge on any atom is 0.230 e. The zero-order valence-corrected chi connectivity index (χ0v) is 21.8.